The number of sulfonamides is 1. The fraction of sp³-hybridized carbons (Fsp3) is 0.500. The molecule has 0 aliphatic carbocycles. The van der Waals surface area contributed by atoms with Crippen LogP contribution in [0, 0.1) is 0 Å². The molecular weight excluding hydrogens is 226 g/mol. The van der Waals surface area contributed by atoms with E-state index in [9.17, 15) is 8.42 Å². The predicted octanol–water partition coefficient (Wildman–Crippen LogP) is 0.193. The minimum Gasteiger partial charge on any atom is -0.328 e. The van der Waals surface area contributed by atoms with Gasteiger partial charge in [0.1, 0.15) is 0 Å². The summed E-state index contributed by atoms with van der Waals surface area (Å²) in [6.45, 7) is 0.972. The molecular formula is C10H15N3O2S. The van der Waals surface area contributed by atoms with Gasteiger partial charge in [-0.2, -0.15) is 4.31 Å². The van der Waals surface area contributed by atoms with Crippen molar-refractivity contribution in [3.63, 3.8) is 0 Å². The third kappa shape index (κ3) is 2.23. The van der Waals surface area contributed by atoms with Gasteiger partial charge in [0.05, 0.1) is 0 Å². The maximum Gasteiger partial charge on any atom is 0.260 e. The van der Waals surface area contributed by atoms with Crippen molar-refractivity contribution in [1.82, 2.24) is 9.29 Å². The van der Waals surface area contributed by atoms with Crippen molar-refractivity contribution in [3.05, 3.63) is 24.4 Å². The third-order valence-electron chi connectivity index (χ3n) is 2.74. The SMILES string of the molecule is NC1CCN(S(=O)(=O)c2ccccn2)CC1. The van der Waals surface area contributed by atoms with Crippen LogP contribution in [-0.4, -0.2) is 36.8 Å². The van der Waals surface area contributed by atoms with Crippen LogP contribution in [0.3, 0.4) is 0 Å². The summed E-state index contributed by atoms with van der Waals surface area (Å²) in [6, 6.07) is 5.01. The fourth-order valence-corrected chi connectivity index (χ4v) is 3.15. The minimum atomic E-state index is -3.42. The highest BCUT2D eigenvalue weighted by atomic mass is 32.2. The number of nitrogens with zero attached hydrogens (tertiary/aromatic N) is 2. The molecule has 2 heterocycles. The molecule has 2 N–H and O–H groups in total. The van der Waals surface area contributed by atoms with E-state index in [1.54, 1.807) is 12.1 Å². The van der Waals surface area contributed by atoms with Crippen LogP contribution in [0.25, 0.3) is 0 Å². The quantitative estimate of drug-likeness (QED) is 0.802. The number of pyridine rings is 1. The zero-order chi connectivity index (χ0) is 11.6. The summed E-state index contributed by atoms with van der Waals surface area (Å²) in [5.41, 5.74) is 5.74. The Kier molecular flexibility index (Phi) is 3.22. The average Bonchev–Trinajstić information content (AvgIpc) is 2.31. The molecule has 1 aromatic rings. The van der Waals surface area contributed by atoms with E-state index in [1.807, 2.05) is 0 Å². The molecule has 16 heavy (non-hydrogen) atoms. The maximum absolute atomic E-state index is 12.1. The van der Waals surface area contributed by atoms with Crippen LogP contribution >= 0.6 is 0 Å². The summed E-state index contributed by atoms with van der Waals surface area (Å²) in [6.07, 6.45) is 2.92. The Morgan fingerprint density at radius 1 is 1.31 bits per heavy atom. The lowest BCUT2D eigenvalue weighted by Gasteiger charge is -2.28. The van der Waals surface area contributed by atoms with Crippen LogP contribution in [0.2, 0.25) is 0 Å². The van der Waals surface area contributed by atoms with Gasteiger partial charge in [0.15, 0.2) is 5.03 Å². The number of aromatic nitrogens is 1. The standard InChI is InChI=1S/C10H15N3O2S/c11-9-4-7-13(8-5-9)16(14,15)10-3-1-2-6-12-10/h1-3,6,9H,4-5,7-8,11H2. The van der Waals surface area contributed by atoms with Gasteiger partial charge in [-0.3, -0.25) is 0 Å². The summed E-state index contributed by atoms with van der Waals surface area (Å²) in [5, 5.41) is 0.116. The first-order valence-electron chi connectivity index (χ1n) is 5.27. The van der Waals surface area contributed by atoms with E-state index < -0.39 is 10.0 Å². The summed E-state index contributed by atoms with van der Waals surface area (Å²) in [5.74, 6) is 0. The van der Waals surface area contributed by atoms with Crippen LogP contribution in [0.4, 0.5) is 0 Å². The van der Waals surface area contributed by atoms with Crippen LogP contribution in [0.5, 0.6) is 0 Å². The van der Waals surface area contributed by atoms with Crippen molar-refractivity contribution in [1.29, 1.82) is 0 Å². The number of rotatable bonds is 2. The van der Waals surface area contributed by atoms with Crippen LogP contribution in [-0.2, 0) is 10.0 Å². The molecule has 88 valence electrons. The molecule has 1 fully saturated rings. The second-order valence-electron chi connectivity index (χ2n) is 3.91. The molecule has 0 saturated carbocycles. The fourth-order valence-electron chi connectivity index (χ4n) is 1.75. The van der Waals surface area contributed by atoms with Crippen LogP contribution in [0.1, 0.15) is 12.8 Å². The van der Waals surface area contributed by atoms with Crippen molar-refractivity contribution < 1.29 is 8.42 Å². The lowest BCUT2D eigenvalue weighted by atomic mass is 10.1. The smallest absolute Gasteiger partial charge is 0.260 e. The van der Waals surface area contributed by atoms with E-state index in [0.29, 0.717) is 25.9 Å². The maximum atomic E-state index is 12.1. The molecule has 1 saturated heterocycles. The first-order valence-corrected chi connectivity index (χ1v) is 6.71. The van der Waals surface area contributed by atoms with Crippen molar-refractivity contribution in [2.75, 3.05) is 13.1 Å². The van der Waals surface area contributed by atoms with Gasteiger partial charge in [-0.1, -0.05) is 6.07 Å². The summed E-state index contributed by atoms with van der Waals surface area (Å²) < 4.78 is 25.7. The number of hydrogen-bond donors (Lipinski definition) is 1. The molecule has 0 radical (unpaired) electrons. The van der Waals surface area contributed by atoms with E-state index in [4.69, 9.17) is 5.73 Å². The molecule has 0 atom stereocenters. The average molecular weight is 241 g/mol. The van der Waals surface area contributed by atoms with E-state index in [0.717, 1.165) is 0 Å². The molecule has 5 nitrogen and oxygen atoms in total. The summed E-state index contributed by atoms with van der Waals surface area (Å²) in [7, 11) is -3.42. The molecule has 0 amide bonds. The van der Waals surface area contributed by atoms with E-state index >= 15 is 0 Å². The third-order valence-corrected chi connectivity index (χ3v) is 4.56. The van der Waals surface area contributed by atoms with Gasteiger partial charge >= 0.3 is 0 Å². The largest absolute Gasteiger partial charge is 0.328 e. The Balaban J connectivity index is 2.20. The summed E-state index contributed by atoms with van der Waals surface area (Å²) in [4.78, 5) is 3.88. The molecule has 2 rings (SSSR count). The lowest BCUT2D eigenvalue weighted by molar-refractivity contribution is 0.319. The first kappa shape index (κ1) is 11.5. The monoisotopic (exact) mass is 241 g/mol. The van der Waals surface area contributed by atoms with Crippen molar-refractivity contribution in [3.8, 4) is 0 Å². The number of hydrogen-bond acceptors (Lipinski definition) is 4. The summed E-state index contributed by atoms with van der Waals surface area (Å²) >= 11 is 0. The van der Waals surface area contributed by atoms with Gasteiger partial charge in [-0.15, -0.1) is 0 Å². The van der Waals surface area contributed by atoms with Gasteiger partial charge in [-0.05, 0) is 25.0 Å². The molecule has 0 aromatic carbocycles. The Labute approximate surface area is 95.3 Å². The zero-order valence-corrected chi connectivity index (χ0v) is 9.73. The van der Waals surface area contributed by atoms with Gasteiger partial charge in [-0.25, -0.2) is 13.4 Å². The molecule has 0 bridgehead atoms. The van der Waals surface area contributed by atoms with Crippen molar-refractivity contribution in [2.24, 2.45) is 5.73 Å². The molecule has 1 aromatic heterocycles. The Morgan fingerprint density at radius 2 is 2.00 bits per heavy atom. The van der Waals surface area contributed by atoms with Crippen LogP contribution < -0.4 is 5.73 Å². The van der Waals surface area contributed by atoms with Gasteiger partial charge in [0.25, 0.3) is 10.0 Å². The normalized spacial score (nSPS) is 19.8. The second-order valence-corrected chi connectivity index (χ2v) is 5.79. The highest BCUT2D eigenvalue weighted by molar-refractivity contribution is 7.89. The number of nitrogens with two attached hydrogens (primary N) is 1. The van der Waals surface area contributed by atoms with E-state index in [2.05, 4.69) is 4.98 Å². The van der Waals surface area contributed by atoms with E-state index in [1.165, 1.54) is 16.6 Å². The molecule has 0 spiro atoms. The molecule has 1 aliphatic rings. The molecule has 6 heteroatoms. The lowest BCUT2D eigenvalue weighted by Crippen LogP contribution is -2.42. The Hall–Kier alpha value is -0.980. The van der Waals surface area contributed by atoms with Gasteiger partial charge in [0.2, 0.25) is 0 Å². The highest BCUT2D eigenvalue weighted by Crippen LogP contribution is 2.17. The second kappa shape index (κ2) is 4.48. The van der Waals surface area contributed by atoms with E-state index in [-0.39, 0.29) is 11.1 Å². The Bertz CT molecular complexity index is 438. The highest BCUT2D eigenvalue weighted by Gasteiger charge is 2.28. The predicted molar refractivity (Wildman–Crippen MR) is 60.2 cm³/mol. The van der Waals surface area contributed by atoms with Gasteiger partial charge < -0.3 is 5.73 Å². The molecule has 0 unspecified atom stereocenters. The number of piperidine rings is 1. The minimum absolute atomic E-state index is 0.116. The van der Waals surface area contributed by atoms with Crippen LogP contribution in [0.15, 0.2) is 29.4 Å². The van der Waals surface area contributed by atoms with Crippen molar-refractivity contribution >= 4 is 10.0 Å². The zero-order valence-electron chi connectivity index (χ0n) is 8.91. The van der Waals surface area contributed by atoms with Gasteiger partial charge in [0, 0.05) is 25.3 Å². The van der Waals surface area contributed by atoms with Crippen molar-refractivity contribution in [2.45, 2.75) is 23.9 Å². The Morgan fingerprint density at radius 3 is 2.56 bits per heavy atom. The topological polar surface area (TPSA) is 76.3 Å². The molecule has 1 aliphatic heterocycles. The first-order chi connectivity index (χ1) is 7.60.